The Morgan fingerprint density at radius 2 is 2.00 bits per heavy atom. The highest BCUT2D eigenvalue weighted by Gasteiger charge is 2.12. The van der Waals surface area contributed by atoms with E-state index in [4.69, 9.17) is 0 Å². The maximum absolute atomic E-state index is 12.0. The number of carbonyl (C=O) groups is 1. The lowest BCUT2D eigenvalue weighted by Crippen LogP contribution is -2.14. The lowest BCUT2D eigenvalue weighted by Gasteiger charge is -2.12. The van der Waals surface area contributed by atoms with Gasteiger partial charge >= 0.3 is 0 Å². The van der Waals surface area contributed by atoms with Crippen molar-refractivity contribution in [2.45, 2.75) is 19.8 Å². The van der Waals surface area contributed by atoms with Gasteiger partial charge in [-0.25, -0.2) is 4.98 Å². The largest absolute Gasteiger partial charge is 0.378 e. The monoisotopic (exact) mass is 273 g/mol. The molecule has 0 saturated carbocycles. The number of anilines is 2. The SMILES string of the molecule is CCCc1nc(C(=O)Nc2ccc(N(C)C)cc2)n[nH]1. The molecule has 2 aromatic rings. The lowest BCUT2D eigenvalue weighted by molar-refractivity contribution is 0.101. The number of benzene rings is 1. The molecule has 6 heteroatoms. The number of aromatic nitrogens is 3. The minimum absolute atomic E-state index is 0.171. The number of aryl methyl sites for hydroxylation is 1. The average molecular weight is 273 g/mol. The number of hydrogen-bond donors (Lipinski definition) is 2. The Bertz CT molecular complexity index is 574. The van der Waals surface area contributed by atoms with E-state index in [0.29, 0.717) is 0 Å². The molecule has 20 heavy (non-hydrogen) atoms. The predicted octanol–water partition coefficient (Wildman–Crippen LogP) is 2.08. The third-order valence-corrected chi connectivity index (χ3v) is 2.86. The van der Waals surface area contributed by atoms with Crippen molar-refractivity contribution in [2.75, 3.05) is 24.3 Å². The zero-order chi connectivity index (χ0) is 14.5. The van der Waals surface area contributed by atoms with Gasteiger partial charge in [0, 0.05) is 31.9 Å². The summed E-state index contributed by atoms with van der Waals surface area (Å²) >= 11 is 0. The number of rotatable bonds is 5. The van der Waals surface area contributed by atoms with Crippen molar-refractivity contribution in [1.82, 2.24) is 15.2 Å². The quantitative estimate of drug-likeness (QED) is 0.874. The van der Waals surface area contributed by atoms with Gasteiger partial charge in [-0.2, -0.15) is 0 Å². The predicted molar refractivity (Wildman–Crippen MR) is 79.1 cm³/mol. The minimum atomic E-state index is -0.304. The molecule has 2 N–H and O–H groups in total. The van der Waals surface area contributed by atoms with Crippen LogP contribution >= 0.6 is 0 Å². The number of nitrogens with one attached hydrogen (secondary N) is 2. The molecule has 0 saturated heterocycles. The summed E-state index contributed by atoms with van der Waals surface area (Å²) in [6.45, 7) is 2.05. The first-order valence-corrected chi connectivity index (χ1v) is 6.60. The highest BCUT2D eigenvalue weighted by molar-refractivity contribution is 6.01. The van der Waals surface area contributed by atoms with E-state index in [-0.39, 0.29) is 11.7 Å². The van der Waals surface area contributed by atoms with Crippen molar-refractivity contribution in [3.8, 4) is 0 Å². The van der Waals surface area contributed by atoms with E-state index in [2.05, 4.69) is 27.4 Å². The summed E-state index contributed by atoms with van der Waals surface area (Å²) in [7, 11) is 3.94. The molecule has 0 fully saturated rings. The van der Waals surface area contributed by atoms with E-state index in [0.717, 1.165) is 30.0 Å². The molecule has 1 heterocycles. The molecule has 6 nitrogen and oxygen atoms in total. The summed E-state index contributed by atoms with van der Waals surface area (Å²) in [5, 5.41) is 9.47. The molecular formula is C14H19N5O. The van der Waals surface area contributed by atoms with Crippen molar-refractivity contribution in [3.63, 3.8) is 0 Å². The molecule has 0 radical (unpaired) electrons. The van der Waals surface area contributed by atoms with Gasteiger partial charge in [-0.15, -0.1) is 5.10 Å². The van der Waals surface area contributed by atoms with Gasteiger partial charge in [0.2, 0.25) is 5.82 Å². The van der Waals surface area contributed by atoms with Gasteiger partial charge in [-0.1, -0.05) is 6.92 Å². The number of carbonyl (C=O) groups excluding carboxylic acids is 1. The van der Waals surface area contributed by atoms with Gasteiger partial charge in [0.15, 0.2) is 0 Å². The molecule has 106 valence electrons. The van der Waals surface area contributed by atoms with Gasteiger partial charge in [0.05, 0.1) is 0 Å². The number of hydrogen-bond acceptors (Lipinski definition) is 4. The van der Waals surface area contributed by atoms with Crippen LogP contribution in [0.5, 0.6) is 0 Å². The zero-order valence-electron chi connectivity index (χ0n) is 12.0. The molecule has 0 aliphatic rings. The van der Waals surface area contributed by atoms with Crippen LogP contribution in [0.2, 0.25) is 0 Å². The number of H-pyrrole nitrogens is 1. The van der Waals surface area contributed by atoms with E-state index in [1.165, 1.54) is 0 Å². The highest BCUT2D eigenvalue weighted by atomic mass is 16.2. The Kier molecular flexibility index (Phi) is 4.34. The number of amides is 1. The Hall–Kier alpha value is -2.37. The molecule has 0 unspecified atom stereocenters. The average Bonchev–Trinajstić information content (AvgIpc) is 2.88. The first-order chi connectivity index (χ1) is 9.60. The van der Waals surface area contributed by atoms with E-state index in [9.17, 15) is 4.79 Å². The molecule has 1 aromatic heterocycles. The summed E-state index contributed by atoms with van der Waals surface area (Å²) in [4.78, 5) is 18.1. The van der Waals surface area contributed by atoms with Crippen LogP contribution in [0, 0.1) is 0 Å². The van der Waals surface area contributed by atoms with Crippen LogP contribution in [0.1, 0.15) is 29.8 Å². The topological polar surface area (TPSA) is 73.9 Å². The molecule has 2 rings (SSSR count). The molecule has 0 aliphatic heterocycles. The minimum Gasteiger partial charge on any atom is -0.378 e. The summed E-state index contributed by atoms with van der Waals surface area (Å²) in [5.74, 6) is 0.604. The van der Waals surface area contributed by atoms with E-state index >= 15 is 0 Å². The molecule has 0 atom stereocenters. The van der Waals surface area contributed by atoms with Crippen molar-refractivity contribution < 1.29 is 4.79 Å². The van der Waals surface area contributed by atoms with Crippen LogP contribution in [0.25, 0.3) is 0 Å². The van der Waals surface area contributed by atoms with Crippen LogP contribution in [0.15, 0.2) is 24.3 Å². The van der Waals surface area contributed by atoms with Crippen molar-refractivity contribution in [3.05, 3.63) is 35.9 Å². The fraction of sp³-hybridized carbons (Fsp3) is 0.357. The van der Waals surface area contributed by atoms with Crippen LogP contribution in [-0.2, 0) is 6.42 Å². The number of nitrogens with zero attached hydrogens (tertiary/aromatic N) is 3. The first kappa shape index (κ1) is 14.0. The van der Waals surface area contributed by atoms with Crippen molar-refractivity contribution in [1.29, 1.82) is 0 Å². The van der Waals surface area contributed by atoms with Crippen LogP contribution in [0.4, 0.5) is 11.4 Å². The van der Waals surface area contributed by atoms with Crippen LogP contribution < -0.4 is 10.2 Å². The van der Waals surface area contributed by atoms with Gasteiger partial charge in [-0.05, 0) is 30.7 Å². The smallest absolute Gasteiger partial charge is 0.295 e. The molecule has 1 amide bonds. The Balaban J connectivity index is 2.03. The molecule has 0 spiro atoms. The van der Waals surface area contributed by atoms with Gasteiger partial charge in [0.1, 0.15) is 5.82 Å². The lowest BCUT2D eigenvalue weighted by atomic mass is 10.2. The zero-order valence-corrected chi connectivity index (χ0v) is 12.0. The van der Waals surface area contributed by atoms with Crippen molar-refractivity contribution >= 4 is 17.3 Å². The van der Waals surface area contributed by atoms with Crippen LogP contribution in [-0.4, -0.2) is 35.2 Å². The van der Waals surface area contributed by atoms with Gasteiger partial charge < -0.3 is 10.2 Å². The Labute approximate surface area is 118 Å². The Morgan fingerprint density at radius 3 is 2.60 bits per heavy atom. The van der Waals surface area contributed by atoms with Crippen molar-refractivity contribution in [2.24, 2.45) is 0 Å². The van der Waals surface area contributed by atoms with E-state index in [1.807, 2.05) is 43.3 Å². The third kappa shape index (κ3) is 3.34. The molecule has 0 bridgehead atoms. The molecular weight excluding hydrogens is 254 g/mol. The highest BCUT2D eigenvalue weighted by Crippen LogP contribution is 2.16. The van der Waals surface area contributed by atoms with E-state index in [1.54, 1.807) is 0 Å². The summed E-state index contributed by atoms with van der Waals surface area (Å²) in [6, 6.07) is 7.59. The standard InChI is InChI=1S/C14H19N5O/c1-4-5-12-16-13(18-17-12)14(20)15-10-6-8-11(9-7-10)19(2)3/h6-9H,4-5H2,1-3H3,(H,15,20)(H,16,17,18). The normalized spacial score (nSPS) is 10.3. The molecule has 0 aliphatic carbocycles. The maximum Gasteiger partial charge on any atom is 0.295 e. The molecule has 1 aromatic carbocycles. The fourth-order valence-electron chi connectivity index (χ4n) is 1.78. The summed E-state index contributed by atoms with van der Waals surface area (Å²) < 4.78 is 0. The third-order valence-electron chi connectivity index (χ3n) is 2.86. The second-order valence-electron chi connectivity index (χ2n) is 4.75. The Morgan fingerprint density at radius 1 is 1.30 bits per heavy atom. The maximum atomic E-state index is 12.0. The van der Waals surface area contributed by atoms with Gasteiger partial charge in [0.25, 0.3) is 5.91 Å². The second-order valence-corrected chi connectivity index (χ2v) is 4.75. The summed E-state index contributed by atoms with van der Waals surface area (Å²) in [5.41, 5.74) is 1.80. The fourth-order valence-corrected chi connectivity index (χ4v) is 1.78. The number of aromatic amines is 1. The second kappa shape index (κ2) is 6.18. The summed E-state index contributed by atoms with van der Waals surface area (Å²) in [6.07, 6.45) is 1.75. The van der Waals surface area contributed by atoms with Gasteiger partial charge in [-0.3, -0.25) is 9.89 Å². The van der Waals surface area contributed by atoms with E-state index < -0.39 is 0 Å². The van der Waals surface area contributed by atoms with Crippen LogP contribution in [0.3, 0.4) is 0 Å². The first-order valence-electron chi connectivity index (χ1n) is 6.60.